The van der Waals surface area contributed by atoms with E-state index in [0.717, 1.165) is 0 Å². The van der Waals surface area contributed by atoms with Crippen molar-refractivity contribution in [2.45, 2.75) is 6.92 Å². The molecule has 22 heavy (non-hydrogen) atoms. The third kappa shape index (κ3) is 3.92. The van der Waals surface area contributed by atoms with E-state index in [1.807, 2.05) is 0 Å². The van der Waals surface area contributed by atoms with Crippen molar-refractivity contribution in [1.29, 1.82) is 0 Å². The highest BCUT2D eigenvalue weighted by molar-refractivity contribution is 6.05. The number of benzene rings is 2. The number of amides is 2. The summed E-state index contributed by atoms with van der Waals surface area (Å²) in [6.07, 6.45) is 0. The molecular formula is C16H14N2O4. The van der Waals surface area contributed by atoms with E-state index in [2.05, 4.69) is 10.6 Å². The number of hydrogen-bond acceptors (Lipinski definition) is 3. The van der Waals surface area contributed by atoms with Gasteiger partial charge in [-0.3, -0.25) is 9.59 Å². The molecule has 2 rings (SSSR count). The van der Waals surface area contributed by atoms with Crippen LogP contribution in [0.4, 0.5) is 11.4 Å². The molecule has 0 saturated heterocycles. The summed E-state index contributed by atoms with van der Waals surface area (Å²) < 4.78 is 0. The van der Waals surface area contributed by atoms with Gasteiger partial charge in [0.2, 0.25) is 5.91 Å². The lowest BCUT2D eigenvalue weighted by molar-refractivity contribution is -0.114. The van der Waals surface area contributed by atoms with Gasteiger partial charge in [-0.2, -0.15) is 0 Å². The summed E-state index contributed by atoms with van der Waals surface area (Å²) in [4.78, 5) is 33.9. The van der Waals surface area contributed by atoms with E-state index in [9.17, 15) is 14.4 Å². The molecule has 2 aromatic rings. The molecule has 0 aliphatic carbocycles. The first-order chi connectivity index (χ1) is 10.5. The molecule has 3 N–H and O–H groups in total. The Morgan fingerprint density at radius 3 is 2.14 bits per heavy atom. The van der Waals surface area contributed by atoms with E-state index >= 15 is 0 Å². The molecule has 0 fully saturated rings. The Labute approximate surface area is 126 Å². The SMILES string of the molecule is CC(=O)Nc1cccc(C(=O)Nc2ccc(C(=O)O)cc2)c1. The Hall–Kier alpha value is -3.15. The monoisotopic (exact) mass is 298 g/mol. The normalized spacial score (nSPS) is 9.86. The van der Waals surface area contributed by atoms with Crippen molar-refractivity contribution < 1.29 is 19.5 Å². The largest absolute Gasteiger partial charge is 0.478 e. The van der Waals surface area contributed by atoms with Crippen LogP contribution in [0.25, 0.3) is 0 Å². The van der Waals surface area contributed by atoms with Crippen molar-refractivity contribution in [3.05, 3.63) is 59.7 Å². The van der Waals surface area contributed by atoms with Crippen molar-refractivity contribution in [3.8, 4) is 0 Å². The van der Waals surface area contributed by atoms with Crippen molar-refractivity contribution >= 4 is 29.2 Å². The predicted molar refractivity (Wildman–Crippen MR) is 82.1 cm³/mol. The Morgan fingerprint density at radius 2 is 1.55 bits per heavy atom. The Balaban J connectivity index is 2.11. The first-order valence-electron chi connectivity index (χ1n) is 6.48. The summed E-state index contributed by atoms with van der Waals surface area (Å²) in [6, 6.07) is 12.4. The zero-order chi connectivity index (χ0) is 16.1. The molecule has 0 spiro atoms. The number of carboxylic acid groups (broad SMARTS) is 1. The van der Waals surface area contributed by atoms with E-state index < -0.39 is 5.97 Å². The van der Waals surface area contributed by atoms with Gasteiger partial charge in [-0.05, 0) is 42.5 Å². The van der Waals surface area contributed by atoms with Gasteiger partial charge in [0.25, 0.3) is 5.91 Å². The number of carbonyl (C=O) groups excluding carboxylic acids is 2. The second-order valence-corrected chi connectivity index (χ2v) is 4.60. The third-order valence-corrected chi connectivity index (χ3v) is 2.83. The standard InChI is InChI=1S/C16H14N2O4/c1-10(19)17-14-4-2-3-12(9-14)15(20)18-13-7-5-11(6-8-13)16(21)22/h2-9H,1H3,(H,17,19)(H,18,20)(H,21,22). The maximum absolute atomic E-state index is 12.1. The quantitative estimate of drug-likeness (QED) is 0.808. The first-order valence-corrected chi connectivity index (χ1v) is 6.48. The van der Waals surface area contributed by atoms with E-state index in [-0.39, 0.29) is 17.4 Å². The summed E-state index contributed by atoms with van der Waals surface area (Å²) >= 11 is 0. The van der Waals surface area contributed by atoms with Crippen LogP contribution in [-0.2, 0) is 4.79 Å². The molecule has 0 aliphatic heterocycles. The number of aromatic carboxylic acids is 1. The fourth-order valence-corrected chi connectivity index (χ4v) is 1.84. The van der Waals surface area contributed by atoms with Crippen LogP contribution in [-0.4, -0.2) is 22.9 Å². The van der Waals surface area contributed by atoms with Crippen LogP contribution in [0.1, 0.15) is 27.6 Å². The molecule has 0 atom stereocenters. The number of carboxylic acids is 1. The molecule has 0 radical (unpaired) electrons. The van der Waals surface area contributed by atoms with Gasteiger partial charge >= 0.3 is 5.97 Å². The van der Waals surface area contributed by atoms with Crippen LogP contribution < -0.4 is 10.6 Å². The van der Waals surface area contributed by atoms with E-state index in [1.165, 1.54) is 31.2 Å². The maximum atomic E-state index is 12.1. The fourth-order valence-electron chi connectivity index (χ4n) is 1.84. The Bertz CT molecular complexity index is 723. The van der Waals surface area contributed by atoms with Crippen molar-refractivity contribution in [3.63, 3.8) is 0 Å². The zero-order valence-electron chi connectivity index (χ0n) is 11.8. The number of carbonyl (C=O) groups is 3. The highest BCUT2D eigenvalue weighted by Crippen LogP contribution is 2.14. The van der Waals surface area contributed by atoms with Crippen molar-refractivity contribution in [1.82, 2.24) is 0 Å². The average Bonchev–Trinajstić information content (AvgIpc) is 2.47. The predicted octanol–water partition coefficient (Wildman–Crippen LogP) is 2.60. The van der Waals surface area contributed by atoms with Gasteiger partial charge in [0.05, 0.1) is 5.56 Å². The van der Waals surface area contributed by atoms with Gasteiger partial charge < -0.3 is 15.7 Å². The van der Waals surface area contributed by atoms with Gasteiger partial charge in [-0.15, -0.1) is 0 Å². The molecule has 6 nitrogen and oxygen atoms in total. The summed E-state index contributed by atoms with van der Waals surface area (Å²) in [5, 5.41) is 14.1. The van der Waals surface area contributed by atoms with Crippen LogP contribution in [0.2, 0.25) is 0 Å². The number of hydrogen-bond donors (Lipinski definition) is 3. The molecule has 0 aliphatic rings. The van der Waals surface area contributed by atoms with Crippen LogP contribution in [0.15, 0.2) is 48.5 Å². The van der Waals surface area contributed by atoms with Crippen molar-refractivity contribution in [2.75, 3.05) is 10.6 Å². The third-order valence-electron chi connectivity index (χ3n) is 2.83. The minimum Gasteiger partial charge on any atom is -0.478 e. The average molecular weight is 298 g/mol. The summed E-state index contributed by atoms with van der Waals surface area (Å²) in [5.41, 5.74) is 1.54. The molecule has 2 aromatic carbocycles. The second kappa shape index (κ2) is 6.53. The topological polar surface area (TPSA) is 95.5 Å². The smallest absolute Gasteiger partial charge is 0.335 e. The lowest BCUT2D eigenvalue weighted by Crippen LogP contribution is -2.13. The Kier molecular flexibility index (Phi) is 4.53. The molecule has 0 unspecified atom stereocenters. The molecular weight excluding hydrogens is 284 g/mol. The lowest BCUT2D eigenvalue weighted by Gasteiger charge is -2.07. The van der Waals surface area contributed by atoms with Gasteiger partial charge in [0.1, 0.15) is 0 Å². The van der Waals surface area contributed by atoms with Gasteiger partial charge in [0, 0.05) is 23.9 Å². The van der Waals surface area contributed by atoms with Crippen LogP contribution in [0.5, 0.6) is 0 Å². The van der Waals surface area contributed by atoms with Crippen LogP contribution >= 0.6 is 0 Å². The number of anilines is 2. The first kappa shape index (κ1) is 15.2. The lowest BCUT2D eigenvalue weighted by atomic mass is 10.1. The summed E-state index contributed by atoms with van der Waals surface area (Å²) in [6.45, 7) is 1.39. The molecule has 0 heterocycles. The van der Waals surface area contributed by atoms with Gasteiger partial charge in [-0.1, -0.05) is 6.07 Å². The Morgan fingerprint density at radius 1 is 0.864 bits per heavy atom. The highest BCUT2D eigenvalue weighted by atomic mass is 16.4. The van der Waals surface area contributed by atoms with E-state index in [1.54, 1.807) is 24.3 Å². The van der Waals surface area contributed by atoms with E-state index in [4.69, 9.17) is 5.11 Å². The molecule has 0 saturated carbocycles. The summed E-state index contributed by atoms with van der Waals surface area (Å²) in [7, 11) is 0. The summed E-state index contributed by atoms with van der Waals surface area (Å²) in [5.74, 6) is -1.60. The zero-order valence-corrected chi connectivity index (χ0v) is 11.8. The molecule has 112 valence electrons. The van der Waals surface area contributed by atoms with Crippen molar-refractivity contribution in [2.24, 2.45) is 0 Å². The maximum Gasteiger partial charge on any atom is 0.335 e. The minimum atomic E-state index is -1.03. The van der Waals surface area contributed by atoms with Gasteiger partial charge in [-0.25, -0.2) is 4.79 Å². The van der Waals surface area contributed by atoms with E-state index in [0.29, 0.717) is 16.9 Å². The van der Waals surface area contributed by atoms with Crippen LogP contribution in [0, 0.1) is 0 Å². The molecule has 2 amide bonds. The minimum absolute atomic E-state index is 0.144. The molecule has 0 bridgehead atoms. The van der Waals surface area contributed by atoms with Gasteiger partial charge in [0.15, 0.2) is 0 Å². The molecule has 0 aromatic heterocycles. The highest BCUT2D eigenvalue weighted by Gasteiger charge is 2.08. The fraction of sp³-hybridized carbons (Fsp3) is 0.0625. The molecule has 6 heteroatoms. The van der Waals surface area contributed by atoms with Crippen LogP contribution in [0.3, 0.4) is 0 Å². The second-order valence-electron chi connectivity index (χ2n) is 4.60. The number of nitrogens with one attached hydrogen (secondary N) is 2. The number of rotatable bonds is 4.